The zero-order valence-corrected chi connectivity index (χ0v) is 10.5. The van der Waals surface area contributed by atoms with Crippen LogP contribution in [0.4, 0.5) is 0 Å². The standard InChI is InChI=1S/C12H17ClN2O/c1-9(2)4-5-16-12-6-10(7-14-3)11(13)8-15-12/h6,8,14H,1,4-5,7H2,2-3H3. The average molecular weight is 241 g/mol. The summed E-state index contributed by atoms with van der Waals surface area (Å²) in [5, 5.41) is 3.70. The molecule has 0 saturated heterocycles. The Balaban J connectivity index is 2.60. The van der Waals surface area contributed by atoms with E-state index in [-0.39, 0.29) is 0 Å². The summed E-state index contributed by atoms with van der Waals surface area (Å²) in [6.07, 6.45) is 2.45. The smallest absolute Gasteiger partial charge is 0.213 e. The van der Waals surface area contributed by atoms with Gasteiger partial charge in [0.1, 0.15) is 0 Å². The quantitative estimate of drug-likeness (QED) is 0.777. The van der Waals surface area contributed by atoms with E-state index in [1.54, 1.807) is 6.20 Å². The molecule has 0 aliphatic heterocycles. The molecule has 0 aliphatic rings. The lowest BCUT2D eigenvalue weighted by Crippen LogP contribution is -2.07. The van der Waals surface area contributed by atoms with Gasteiger partial charge in [-0.15, -0.1) is 6.58 Å². The molecule has 0 spiro atoms. The van der Waals surface area contributed by atoms with Gasteiger partial charge in [0.05, 0.1) is 11.6 Å². The second-order valence-corrected chi connectivity index (χ2v) is 4.11. The van der Waals surface area contributed by atoms with Crippen LogP contribution in [0, 0.1) is 0 Å². The van der Waals surface area contributed by atoms with Crippen LogP contribution in [0.1, 0.15) is 18.9 Å². The number of aromatic nitrogens is 1. The predicted molar refractivity (Wildman–Crippen MR) is 66.9 cm³/mol. The van der Waals surface area contributed by atoms with Crippen molar-refractivity contribution in [2.75, 3.05) is 13.7 Å². The van der Waals surface area contributed by atoms with Gasteiger partial charge in [0.25, 0.3) is 0 Å². The Morgan fingerprint density at radius 3 is 3.00 bits per heavy atom. The third kappa shape index (κ3) is 4.21. The first-order valence-corrected chi connectivity index (χ1v) is 5.57. The highest BCUT2D eigenvalue weighted by Gasteiger charge is 2.03. The van der Waals surface area contributed by atoms with Crippen molar-refractivity contribution >= 4 is 11.6 Å². The molecular weight excluding hydrogens is 224 g/mol. The number of halogens is 1. The molecule has 0 atom stereocenters. The van der Waals surface area contributed by atoms with Crippen LogP contribution in [-0.4, -0.2) is 18.6 Å². The SMILES string of the molecule is C=C(C)CCOc1cc(CNC)c(Cl)cn1. The van der Waals surface area contributed by atoms with Crippen molar-refractivity contribution in [3.63, 3.8) is 0 Å². The fraction of sp³-hybridized carbons (Fsp3) is 0.417. The lowest BCUT2D eigenvalue weighted by molar-refractivity contribution is 0.309. The van der Waals surface area contributed by atoms with Gasteiger partial charge in [-0.05, 0) is 19.5 Å². The summed E-state index contributed by atoms with van der Waals surface area (Å²) in [5.41, 5.74) is 2.09. The van der Waals surface area contributed by atoms with E-state index in [0.717, 1.165) is 17.6 Å². The predicted octanol–water partition coefficient (Wildman–Crippen LogP) is 2.80. The van der Waals surface area contributed by atoms with Gasteiger partial charge >= 0.3 is 0 Å². The number of hydrogen-bond donors (Lipinski definition) is 1. The van der Waals surface area contributed by atoms with Crippen LogP contribution in [0.2, 0.25) is 5.02 Å². The van der Waals surface area contributed by atoms with Gasteiger partial charge in [-0.3, -0.25) is 0 Å². The molecule has 0 amide bonds. The maximum atomic E-state index is 5.99. The molecule has 3 nitrogen and oxygen atoms in total. The molecule has 1 aromatic rings. The second kappa shape index (κ2) is 6.51. The van der Waals surface area contributed by atoms with E-state index >= 15 is 0 Å². The van der Waals surface area contributed by atoms with Crippen LogP contribution in [-0.2, 0) is 6.54 Å². The zero-order valence-electron chi connectivity index (χ0n) is 9.72. The monoisotopic (exact) mass is 240 g/mol. The molecule has 88 valence electrons. The number of hydrogen-bond acceptors (Lipinski definition) is 3. The maximum absolute atomic E-state index is 5.99. The molecule has 1 aromatic heterocycles. The van der Waals surface area contributed by atoms with Crippen molar-refractivity contribution in [2.45, 2.75) is 19.9 Å². The summed E-state index contributed by atoms with van der Waals surface area (Å²) >= 11 is 5.99. The van der Waals surface area contributed by atoms with Crippen molar-refractivity contribution < 1.29 is 4.74 Å². The Bertz CT molecular complexity index is 366. The van der Waals surface area contributed by atoms with Gasteiger partial charge in [-0.25, -0.2) is 4.98 Å². The van der Waals surface area contributed by atoms with Crippen LogP contribution in [0.5, 0.6) is 5.88 Å². The number of nitrogens with zero attached hydrogens (tertiary/aromatic N) is 1. The molecule has 1 rings (SSSR count). The first-order chi connectivity index (χ1) is 7.63. The topological polar surface area (TPSA) is 34.1 Å². The summed E-state index contributed by atoms with van der Waals surface area (Å²) < 4.78 is 5.50. The van der Waals surface area contributed by atoms with Gasteiger partial charge in [0.2, 0.25) is 5.88 Å². The van der Waals surface area contributed by atoms with Gasteiger partial charge in [-0.1, -0.05) is 17.2 Å². The average Bonchev–Trinajstić information content (AvgIpc) is 2.22. The molecule has 16 heavy (non-hydrogen) atoms. The van der Waals surface area contributed by atoms with Crippen molar-refractivity contribution in [1.82, 2.24) is 10.3 Å². The highest BCUT2D eigenvalue weighted by Crippen LogP contribution is 2.19. The lowest BCUT2D eigenvalue weighted by atomic mass is 10.2. The van der Waals surface area contributed by atoms with E-state index in [4.69, 9.17) is 16.3 Å². The minimum Gasteiger partial charge on any atom is -0.477 e. The molecule has 0 unspecified atom stereocenters. The molecule has 0 fully saturated rings. The third-order valence-corrected chi connectivity index (χ3v) is 2.40. The van der Waals surface area contributed by atoms with Crippen LogP contribution in [0.25, 0.3) is 0 Å². The largest absolute Gasteiger partial charge is 0.477 e. The molecule has 4 heteroatoms. The molecule has 0 saturated carbocycles. The first kappa shape index (κ1) is 13.0. The fourth-order valence-electron chi connectivity index (χ4n) is 1.19. The Morgan fingerprint density at radius 1 is 1.62 bits per heavy atom. The summed E-state index contributed by atoms with van der Waals surface area (Å²) in [6, 6.07) is 1.86. The van der Waals surface area contributed by atoms with Crippen LogP contribution in [0.15, 0.2) is 24.4 Å². The minimum absolute atomic E-state index is 0.600. The molecule has 0 bridgehead atoms. The zero-order chi connectivity index (χ0) is 12.0. The Kier molecular flexibility index (Phi) is 5.29. The first-order valence-electron chi connectivity index (χ1n) is 5.19. The molecule has 1 N–H and O–H groups in total. The Hall–Kier alpha value is -1.06. The van der Waals surface area contributed by atoms with Crippen molar-refractivity contribution in [3.05, 3.63) is 35.0 Å². The normalized spacial score (nSPS) is 10.2. The number of ether oxygens (including phenoxy) is 1. The van der Waals surface area contributed by atoms with Crippen LogP contribution < -0.4 is 10.1 Å². The second-order valence-electron chi connectivity index (χ2n) is 3.70. The van der Waals surface area contributed by atoms with E-state index in [1.807, 2.05) is 20.0 Å². The molecular formula is C12H17ClN2O. The van der Waals surface area contributed by atoms with E-state index in [1.165, 1.54) is 0 Å². The van der Waals surface area contributed by atoms with E-state index < -0.39 is 0 Å². The lowest BCUT2D eigenvalue weighted by Gasteiger charge is -2.08. The number of rotatable bonds is 6. The van der Waals surface area contributed by atoms with Crippen molar-refractivity contribution in [3.8, 4) is 5.88 Å². The van der Waals surface area contributed by atoms with Gasteiger partial charge in [0, 0.05) is 25.2 Å². The fourth-order valence-corrected chi connectivity index (χ4v) is 1.36. The summed E-state index contributed by atoms with van der Waals surface area (Å²) in [4.78, 5) is 4.11. The van der Waals surface area contributed by atoms with Crippen LogP contribution in [0.3, 0.4) is 0 Å². The number of nitrogens with one attached hydrogen (secondary N) is 1. The van der Waals surface area contributed by atoms with Gasteiger partial charge < -0.3 is 10.1 Å². The minimum atomic E-state index is 0.600. The Morgan fingerprint density at radius 2 is 2.38 bits per heavy atom. The molecule has 0 radical (unpaired) electrons. The molecule has 1 heterocycles. The maximum Gasteiger partial charge on any atom is 0.213 e. The summed E-state index contributed by atoms with van der Waals surface area (Å²) in [7, 11) is 1.87. The summed E-state index contributed by atoms with van der Waals surface area (Å²) in [5.74, 6) is 0.607. The Labute approximate surface area is 101 Å². The van der Waals surface area contributed by atoms with Crippen molar-refractivity contribution in [2.24, 2.45) is 0 Å². The van der Waals surface area contributed by atoms with E-state index in [2.05, 4.69) is 16.9 Å². The van der Waals surface area contributed by atoms with Crippen molar-refractivity contribution in [1.29, 1.82) is 0 Å². The van der Waals surface area contributed by atoms with Gasteiger partial charge in [-0.2, -0.15) is 0 Å². The van der Waals surface area contributed by atoms with Crippen LogP contribution >= 0.6 is 11.6 Å². The molecule has 0 aromatic carbocycles. The summed E-state index contributed by atoms with van der Waals surface area (Å²) in [6.45, 7) is 7.10. The molecule has 0 aliphatic carbocycles. The highest BCUT2D eigenvalue weighted by atomic mass is 35.5. The van der Waals surface area contributed by atoms with E-state index in [0.29, 0.717) is 24.1 Å². The van der Waals surface area contributed by atoms with E-state index in [9.17, 15) is 0 Å². The van der Waals surface area contributed by atoms with Gasteiger partial charge in [0.15, 0.2) is 0 Å². The number of pyridine rings is 1. The third-order valence-electron chi connectivity index (χ3n) is 2.06. The highest BCUT2D eigenvalue weighted by molar-refractivity contribution is 6.31.